The first-order chi connectivity index (χ1) is 8.40. The van der Waals surface area contributed by atoms with Crippen LogP contribution in [0.15, 0.2) is 29.4 Å². The van der Waals surface area contributed by atoms with Gasteiger partial charge in [0.1, 0.15) is 5.69 Å². The van der Waals surface area contributed by atoms with Gasteiger partial charge in [0, 0.05) is 27.9 Å². The van der Waals surface area contributed by atoms with Crippen LogP contribution in [-0.4, -0.2) is 10.2 Å². The highest BCUT2D eigenvalue weighted by Gasteiger charge is 2.32. The zero-order chi connectivity index (χ0) is 11.4. The van der Waals surface area contributed by atoms with Crippen molar-refractivity contribution in [3.63, 3.8) is 0 Å². The van der Waals surface area contributed by atoms with Gasteiger partial charge in [0.15, 0.2) is 0 Å². The third kappa shape index (κ3) is 1.07. The molecule has 1 aromatic carbocycles. The Balaban J connectivity index is 2.15. The van der Waals surface area contributed by atoms with Crippen molar-refractivity contribution in [2.45, 2.75) is 18.8 Å². The SMILES string of the molecule is N=Nc1c2c(C3CC3)[nH][nH]c-2c2ccccc12. The van der Waals surface area contributed by atoms with Gasteiger partial charge in [-0.3, -0.25) is 5.10 Å². The van der Waals surface area contributed by atoms with E-state index in [9.17, 15) is 0 Å². The van der Waals surface area contributed by atoms with E-state index in [1.54, 1.807) is 0 Å². The number of nitrogens with zero attached hydrogens (tertiary/aromatic N) is 1. The van der Waals surface area contributed by atoms with E-state index in [4.69, 9.17) is 5.53 Å². The Bertz CT molecular complexity index is 687. The quantitative estimate of drug-likeness (QED) is 0.547. The zero-order valence-corrected chi connectivity index (χ0v) is 9.25. The van der Waals surface area contributed by atoms with Crippen LogP contribution in [0.25, 0.3) is 22.0 Å². The van der Waals surface area contributed by atoms with E-state index in [0.717, 1.165) is 27.7 Å². The van der Waals surface area contributed by atoms with E-state index < -0.39 is 0 Å². The molecule has 0 radical (unpaired) electrons. The second kappa shape index (κ2) is 2.97. The molecule has 0 aromatic heterocycles. The van der Waals surface area contributed by atoms with Crippen LogP contribution in [0.4, 0.5) is 5.69 Å². The number of benzene rings is 1. The zero-order valence-electron chi connectivity index (χ0n) is 9.25. The Morgan fingerprint density at radius 2 is 1.88 bits per heavy atom. The highest BCUT2D eigenvalue weighted by Crippen LogP contribution is 2.51. The number of rotatable bonds is 2. The maximum atomic E-state index is 7.42. The maximum Gasteiger partial charge on any atom is 0.104 e. The van der Waals surface area contributed by atoms with E-state index in [-0.39, 0.29) is 0 Å². The first-order valence-electron chi connectivity index (χ1n) is 5.88. The van der Waals surface area contributed by atoms with Gasteiger partial charge in [-0.1, -0.05) is 24.3 Å². The summed E-state index contributed by atoms with van der Waals surface area (Å²) in [5.41, 5.74) is 11.6. The Morgan fingerprint density at radius 3 is 2.59 bits per heavy atom. The molecule has 2 aliphatic carbocycles. The Labute approximate surface area is 97.9 Å². The van der Waals surface area contributed by atoms with Crippen LogP contribution in [0.1, 0.15) is 24.5 Å². The third-order valence-electron chi connectivity index (χ3n) is 3.63. The van der Waals surface area contributed by atoms with Crippen molar-refractivity contribution in [3.05, 3.63) is 30.0 Å². The fourth-order valence-electron chi connectivity index (χ4n) is 2.67. The van der Waals surface area contributed by atoms with Crippen molar-refractivity contribution < 1.29 is 0 Å². The van der Waals surface area contributed by atoms with Gasteiger partial charge >= 0.3 is 0 Å². The molecule has 84 valence electrons. The summed E-state index contributed by atoms with van der Waals surface area (Å²) < 4.78 is 0. The van der Waals surface area contributed by atoms with Crippen molar-refractivity contribution in [2.24, 2.45) is 5.11 Å². The predicted octanol–water partition coefficient (Wildman–Crippen LogP) is 4.14. The van der Waals surface area contributed by atoms with Crippen LogP contribution in [0, 0.1) is 5.53 Å². The van der Waals surface area contributed by atoms with Gasteiger partial charge in [0.2, 0.25) is 0 Å². The molecule has 1 heterocycles. The minimum Gasteiger partial charge on any atom is -0.304 e. The summed E-state index contributed by atoms with van der Waals surface area (Å²) in [5.74, 6) is 0.626. The first-order valence-corrected chi connectivity index (χ1v) is 5.88. The lowest BCUT2D eigenvalue weighted by Gasteiger charge is -1.96. The average molecular weight is 224 g/mol. The van der Waals surface area contributed by atoms with Crippen LogP contribution in [0.3, 0.4) is 0 Å². The molecule has 1 saturated carbocycles. The summed E-state index contributed by atoms with van der Waals surface area (Å²) in [6.45, 7) is 0. The van der Waals surface area contributed by atoms with Gasteiger partial charge in [-0.25, -0.2) is 5.53 Å². The maximum absolute atomic E-state index is 7.42. The van der Waals surface area contributed by atoms with Gasteiger partial charge in [0.25, 0.3) is 0 Å². The van der Waals surface area contributed by atoms with Gasteiger partial charge in [-0.05, 0) is 12.8 Å². The van der Waals surface area contributed by atoms with Crippen molar-refractivity contribution in [2.75, 3.05) is 0 Å². The number of nitrogens with one attached hydrogen (secondary N) is 3. The molecule has 0 amide bonds. The topological polar surface area (TPSA) is 67.8 Å². The summed E-state index contributed by atoms with van der Waals surface area (Å²) in [4.78, 5) is 0. The van der Waals surface area contributed by atoms with Crippen molar-refractivity contribution in [3.8, 4) is 11.3 Å². The normalized spacial score (nSPS) is 15.8. The fraction of sp³-hybridized carbons (Fsp3) is 0.231. The van der Waals surface area contributed by atoms with E-state index in [0.29, 0.717) is 5.92 Å². The van der Waals surface area contributed by atoms with Gasteiger partial charge in [0.05, 0.1) is 5.69 Å². The molecule has 0 unspecified atom stereocenters. The lowest BCUT2D eigenvalue weighted by Crippen LogP contribution is -1.79. The van der Waals surface area contributed by atoms with Crippen molar-refractivity contribution >= 4 is 16.5 Å². The molecule has 0 atom stereocenters. The van der Waals surface area contributed by atoms with Gasteiger partial charge in [-0.2, -0.15) is 5.11 Å². The molecule has 0 saturated heterocycles. The molecule has 1 aromatic rings. The molecule has 1 aliphatic heterocycles. The monoisotopic (exact) mass is 224 g/mol. The van der Waals surface area contributed by atoms with Crippen LogP contribution in [0.2, 0.25) is 0 Å². The number of hydrogen-bond donors (Lipinski definition) is 3. The second-order valence-electron chi connectivity index (χ2n) is 4.69. The number of fused-ring (bicyclic) bond motifs is 3. The molecule has 17 heavy (non-hydrogen) atoms. The second-order valence-corrected chi connectivity index (χ2v) is 4.69. The smallest absolute Gasteiger partial charge is 0.104 e. The van der Waals surface area contributed by atoms with E-state index >= 15 is 0 Å². The largest absolute Gasteiger partial charge is 0.304 e. The predicted molar refractivity (Wildman–Crippen MR) is 66.1 cm³/mol. The van der Waals surface area contributed by atoms with E-state index in [1.165, 1.54) is 18.5 Å². The first kappa shape index (κ1) is 8.98. The summed E-state index contributed by atoms with van der Waals surface area (Å²) in [5, 5.41) is 12.5. The van der Waals surface area contributed by atoms with Gasteiger partial charge < -0.3 is 5.10 Å². The fourth-order valence-corrected chi connectivity index (χ4v) is 2.67. The lowest BCUT2D eigenvalue weighted by atomic mass is 10.1. The number of H-pyrrole nitrogens is 2. The highest BCUT2D eigenvalue weighted by molar-refractivity contribution is 6.11. The Morgan fingerprint density at radius 1 is 1.12 bits per heavy atom. The molecule has 3 N–H and O–H groups in total. The van der Waals surface area contributed by atoms with Crippen LogP contribution >= 0.6 is 0 Å². The van der Waals surface area contributed by atoms with Gasteiger partial charge in [-0.15, -0.1) is 0 Å². The molecule has 1 fully saturated rings. The minimum absolute atomic E-state index is 0.626. The standard InChI is InChI=1S/C13H12N4/c14-15-12-8-3-1-2-4-9(8)13-10(12)11(16-17-13)7-5-6-7/h1-4,7,14,16-17H,5-6H2. The highest BCUT2D eigenvalue weighted by atomic mass is 15.1. The van der Waals surface area contributed by atoms with Crippen LogP contribution < -0.4 is 0 Å². The lowest BCUT2D eigenvalue weighted by molar-refractivity contribution is 0.973. The van der Waals surface area contributed by atoms with Crippen molar-refractivity contribution in [1.82, 2.24) is 10.2 Å². The molecule has 0 bridgehead atoms. The Hall–Kier alpha value is -2.10. The summed E-state index contributed by atoms with van der Waals surface area (Å²) in [6.07, 6.45) is 2.48. The molecule has 4 heteroatoms. The molecule has 4 nitrogen and oxygen atoms in total. The van der Waals surface area contributed by atoms with Crippen LogP contribution in [0.5, 0.6) is 0 Å². The molecule has 3 aliphatic rings. The molecule has 4 rings (SSSR count). The minimum atomic E-state index is 0.626. The molecular formula is C13H12N4. The number of aromatic nitrogens is 2. The average Bonchev–Trinajstić information content (AvgIpc) is 3.03. The number of hydrogen-bond acceptors (Lipinski definition) is 2. The molecule has 0 spiro atoms. The number of aromatic amines is 2. The van der Waals surface area contributed by atoms with Crippen molar-refractivity contribution in [1.29, 1.82) is 5.53 Å². The van der Waals surface area contributed by atoms with Crippen LogP contribution in [-0.2, 0) is 0 Å². The molecular weight excluding hydrogens is 212 g/mol. The summed E-state index contributed by atoms with van der Waals surface area (Å²) in [6, 6.07) is 8.13. The van der Waals surface area contributed by atoms with E-state index in [1.807, 2.05) is 18.2 Å². The Kier molecular flexibility index (Phi) is 1.57. The summed E-state index contributed by atoms with van der Waals surface area (Å²) in [7, 11) is 0. The summed E-state index contributed by atoms with van der Waals surface area (Å²) >= 11 is 0. The third-order valence-corrected chi connectivity index (χ3v) is 3.63. The van der Waals surface area contributed by atoms with E-state index in [2.05, 4.69) is 21.4 Å².